The minimum atomic E-state index is -0.508. The maximum atomic E-state index is 13.7. The number of nitrogens with one attached hydrogen (secondary N) is 1. The van der Waals surface area contributed by atoms with Gasteiger partial charge in [-0.1, -0.05) is 48.5 Å². The average molecular weight is 479 g/mol. The Morgan fingerprint density at radius 1 is 0.889 bits per heavy atom. The summed E-state index contributed by atoms with van der Waals surface area (Å²) in [5.41, 5.74) is 2.68. The van der Waals surface area contributed by atoms with Crippen LogP contribution in [0.5, 0.6) is 0 Å². The van der Waals surface area contributed by atoms with E-state index in [-0.39, 0.29) is 28.0 Å². The number of non-ortho nitro benzene ring substituents is 1. The third kappa shape index (κ3) is 3.82. The molecule has 4 aromatic rings. The Bertz CT molecular complexity index is 1610. The SMILES string of the molecule is CC1=NN(c2ccccc2)C(=O)/C1=C(\c1cccc([N+](=O)[O-])c1)c1c(C)[nH]n(-c2ccccc2)c1=O. The van der Waals surface area contributed by atoms with Gasteiger partial charge in [-0.2, -0.15) is 10.1 Å². The molecule has 1 aromatic heterocycles. The summed E-state index contributed by atoms with van der Waals surface area (Å²) in [6.45, 7) is 3.42. The van der Waals surface area contributed by atoms with Crippen LogP contribution in [0.1, 0.15) is 23.7 Å². The summed E-state index contributed by atoms with van der Waals surface area (Å²) in [7, 11) is 0. The Labute approximate surface area is 205 Å². The highest BCUT2D eigenvalue weighted by Gasteiger charge is 2.34. The Morgan fingerprint density at radius 2 is 1.53 bits per heavy atom. The lowest BCUT2D eigenvalue weighted by Crippen LogP contribution is -2.24. The summed E-state index contributed by atoms with van der Waals surface area (Å²) in [5.74, 6) is -0.425. The fourth-order valence-electron chi connectivity index (χ4n) is 4.33. The van der Waals surface area contributed by atoms with Crippen molar-refractivity contribution >= 4 is 28.6 Å². The lowest BCUT2D eigenvalue weighted by Gasteiger charge is -2.14. The monoisotopic (exact) mass is 479 g/mol. The number of nitro benzene ring substituents is 1. The van der Waals surface area contributed by atoms with Crippen molar-refractivity contribution in [2.75, 3.05) is 5.01 Å². The molecule has 0 atom stereocenters. The van der Waals surface area contributed by atoms with Crippen LogP contribution in [0.15, 0.2) is 100 Å². The first-order chi connectivity index (χ1) is 17.4. The second kappa shape index (κ2) is 8.95. The number of hydrogen-bond acceptors (Lipinski definition) is 5. The van der Waals surface area contributed by atoms with E-state index in [1.165, 1.54) is 27.9 Å². The summed E-state index contributed by atoms with van der Waals surface area (Å²) in [5, 5.41) is 20.4. The van der Waals surface area contributed by atoms with Gasteiger partial charge >= 0.3 is 0 Å². The summed E-state index contributed by atoms with van der Waals surface area (Å²) in [4.78, 5) is 38.5. The number of aryl methyl sites for hydroxylation is 1. The number of hydrazone groups is 1. The molecular weight excluding hydrogens is 458 g/mol. The van der Waals surface area contributed by atoms with Crippen LogP contribution in [0.25, 0.3) is 11.3 Å². The second-order valence-electron chi connectivity index (χ2n) is 8.28. The van der Waals surface area contributed by atoms with Crippen LogP contribution < -0.4 is 10.6 Å². The third-order valence-corrected chi connectivity index (χ3v) is 5.95. The number of rotatable bonds is 5. The molecule has 0 aliphatic carbocycles. The maximum Gasteiger partial charge on any atom is 0.281 e. The molecule has 0 fully saturated rings. The predicted octanol–water partition coefficient (Wildman–Crippen LogP) is 4.61. The normalized spacial score (nSPS) is 14.7. The number of amides is 1. The van der Waals surface area contributed by atoms with Gasteiger partial charge in [0.2, 0.25) is 0 Å². The third-order valence-electron chi connectivity index (χ3n) is 5.95. The number of carbonyl (C=O) groups excluding carboxylic acids is 1. The molecular formula is C27H21N5O4. The summed E-state index contributed by atoms with van der Waals surface area (Å²) < 4.78 is 1.39. The van der Waals surface area contributed by atoms with Crippen molar-refractivity contribution in [3.05, 3.63) is 128 Å². The number of benzene rings is 3. The van der Waals surface area contributed by atoms with Crippen LogP contribution in [0, 0.1) is 17.0 Å². The van der Waals surface area contributed by atoms with Crippen LogP contribution in [0.2, 0.25) is 0 Å². The average Bonchev–Trinajstić information content (AvgIpc) is 3.36. The van der Waals surface area contributed by atoms with E-state index in [1.54, 1.807) is 56.3 Å². The fourth-order valence-corrected chi connectivity index (χ4v) is 4.33. The van der Waals surface area contributed by atoms with Crippen LogP contribution in [-0.2, 0) is 4.79 Å². The van der Waals surface area contributed by atoms with Crippen molar-refractivity contribution in [1.82, 2.24) is 9.78 Å². The largest absolute Gasteiger partial charge is 0.295 e. The van der Waals surface area contributed by atoms with Gasteiger partial charge in [0.05, 0.1) is 33.1 Å². The first-order valence-corrected chi connectivity index (χ1v) is 11.2. The van der Waals surface area contributed by atoms with E-state index in [9.17, 15) is 19.7 Å². The smallest absolute Gasteiger partial charge is 0.281 e. The van der Waals surface area contributed by atoms with Gasteiger partial charge in [-0.3, -0.25) is 24.8 Å². The summed E-state index contributed by atoms with van der Waals surface area (Å²) in [6.07, 6.45) is 0. The molecule has 0 saturated carbocycles. The lowest BCUT2D eigenvalue weighted by molar-refractivity contribution is -0.384. The van der Waals surface area contributed by atoms with E-state index in [4.69, 9.17) is 0 Å². The van der Waals surface area contributed by atoms with Crippen LogP contribution in [0.4, 0.5) is 11.4 Å². The molecule has 36 heavy (non-hydrogen) atoms. The molecule has 0 spiro atoms. The van der Waals surface area contributed by atoms with E-state index in [2.05, 4.69) is 10.2 Å². The van der Waals surface area contributed by atoms with Gasteiger partial charge in [-0.25, -0.2) is 4.68 Å². The van der Waals surface area contributed by atoms with E-state index >= 15 is 0 Å². The number of aromatic amines is 1. The van der Waals surface area contributed by atoms with Crippen molar-refractivity contribution in [3.63, 3.8) is 0 Å². The quantitative estimate of drug-likeness (QED) is 0.256. The van der Waals surface area contributed by atoms with Crippen LogP contribution in [-0.4, -0.2) is 26.3 Å². The molecule has 5 rings (SSSR count). The molecule has 3 aromatic carbocycles. The van der Waals surface area contributed by atoms with Crippen molar-refractivity contribution in [1.29, 1.82) is 0 Å². The van der Waals surface area contributed by atoms with Crippen molar-refractivity contribution in [2.24, 2.45) is 5.10 Å². The highest BCUT2D eigenvalue weighted by Crippen LogP contribution is 2.34. The molecule has 1 aliphatic rings. The van der Waals surface area contributed by atoms with E-state index in [0.717, 1.165) is 0 Å². The van der Waals surface area contributed by atoms with Gasteiger partial charge in [0.25, 0.3) is 17.2 Å². The van der Waals surface area contributed by atoms with Gasteiger partial charge in [0, 0.05) is 23.4 Å². The number of H-pyrrole nitrogens is 1. The molecule has 1 N–H and O–H groups in total. The minimum absolute atomic E-state index is 0.151. The molecule has 2 heterocycles. The highest BCUT2D eigenvalue weighted by molar-refractivity contribution is 6.34. The number of para-hydroxylation sites is 2. The lowest BCUT2D eigenvalue weighted by atomic mass is 9.91. The van der Waals surface area contributed by atoms with Crippen molar-refractivity contribution < 1.29 is 9.72 Å². The zero-order valence-corrected chi connectivity index (χ0v) is 19.5. The first kappa shape index (κ1) is 22.7. The molecule has 0 unspecified atom stereocenters. The predicted molar refractivity (Wildman–Crippen MR) is 137 cm³/mol. The Kier molecular flexibility index (Phi) is 5.65. The minimum Gasteiger partial charge on any atom is -0.295 e. The molecule has 9 heteroatoms. The molecule has 0 radical (unpaired) electrons. The summed E-state index contributed by atoms with van der Waals surface area (Å²) in [6, 6.07) is 23.9. The van der Waals surface area contributed by atoms with Crippen molar-refractivity contribution in [2.45, 2.75) is 13.8 Å². The molecule has 9 nitrogen and oxygen atoms in total. The van der Waals surface area contributed by atoms with Gasteiger partial charge in [-0.05, 0) is 43.7 Å². The number of carbonyl (C=O) groups is 1. The Balaban J connectivity index is 1.79. The fraction of sp³-hybridized carbons (Fsp3) is 0.0741. The Morgan fingerprint density at radius 3 is 2.17 bits per heavy atom. The van der Waals surface area contributed by atoms with Gasteiger partial charge in [0.1, 0.15) is 0 Å². The van der Waals surface area contributed by atoms with E-state index in [0.29, 0.717) is 28.3 Å². The van der Waals surface area contributed by atoms with Gasteiger partial charge in [0.15, 0.2) is 0 Å². The van der Waals surface area contributed by atoms with E-state index in [1.807, 2.05) is 24.3 Å². The van der Waals surface area contributed by atoms with Crippen LogP contribution in [0.3, 0.4) is 0 Å². The van der Waals surface area contributed by atoms with Crippen LogP contribution >= 0.6 is 0 Å². The van der Waals surface area contributed by atoms with Gasteiger partial charge < -0.3 is 0 Å². The number of hydrogen-bond donors (Lipinski definition) is 1. The zero-order valence-electron chi connectivity index (χ0n) is 19.5. The topological polar surface area (TPSA) is 114 Å². The molecule has 0 bridgehead atoms. The number of anilines is 1. The number of nitro groups is 1. The maximum absolute atomic E-state index is 13.7. The van der Waals surface area contributed by atoms with Gasteiger partial charge in [-0.15, -0.1) is 0 Å². The second-order valence-corrected chi connectivity index (χ2v) is 8.28. The molecule has 178 valence electrons. The number of nitrogens with zero attached hydrogens (tertiary/aromatic N) is 4. The number of aromatic nitrogens is 2. The molecule has 0 saturated heterocycles. The Hall–Kier alpha value is -5.05. The molecule has 1 amide bonds. The molecule has 1 aliphatic heterocycles. The first-order valence-electron chi connectivity index (χ1n) is 11.2. The highest BCUT2D eigenvalue weighted by atomic mass is 16.6. The zero-order chi connectivity index (χ0) is 25.4. The van der Waals surface area contributed by atoms with Crippen molar-refractivity contribution in [3.8, 4) is 5.69 Å². The standard InChI is InChI=1S/C27H21N5O4/c1-17-23(26(33)30(28-17)20-11-5-3-6-12-20)25(19-10-9-15-22(16-19)32(35)36)24-18(2)29-31(27(24)34)21-13-7-4-8-14-21/h3-16,28H,1-2H3/b25-24+. The van der Waals surface area contributed by atoms with E-state index < -0.39 is 10.8 Å². The summed E-state index contributed by atoms with van der Waals surface area (Å²) >= 11 is 0.